The van der Waals surface area contributed by atoms with Crippen molar-refractivity contribution in [2.75, 3.05) is 49.4 Å². The molecule has 5 rings (SSSR count). The van der Waals surface area contributed by atoms with Gasteiger partial charge in [-0.3, -0.25) is 9.11 Å². The van der Waals surface area contributed by atoms with Crippen molar-refractivity contribution in [1.29, 1.82) is 0 Å². The number of hydrogen-bond donors (Lipinski definition) is 4. The number of aromatic nitrogens is 1. The summed E-state index contributed by atoms with van der Waals surface area (Å²) in [6.07, 6.45) is 0. The topological polar surface area (TPSA) is 113 Å². The van der Waals surface area contributed by atoms with E-state index in [0.29, 0.717) is 43.5 Å². The Bertz CT molecular complexity index is 1200. The molecule has 2 aliphatic heterocycles. The van der Waals surface area contributed by atoms with Crippen molar-refractivity contribution in [3.63, 3.8) is 0 Å². The summed E-state index contributed by atoms with van der Waals surface area (Å²) in [4.78, 5) is 7.60. The Labute approximate surface area is 195 Å². The Morgan fingerprint density at radius 3 is 2.76 bits per heavy atom. The molecule has 1 saturated heterocycles. The maximum Gasteiger partial charge on any atom is 0.131 e. The molecule has 0 aliphatic carbocycles. The minimum absolute atomic E-state index is 0.242. The van der Waals surface area contributed by atoms with E-state index in [9.17, 15) is 9.11 Å². The monoisotopic (exact) mass is 470 g/mol. The van der Waals surface area contributed by atoms with Gasteiger partial charge in [-0.1, -0.05) is 11.6 Å². The minimum Gasteiger partial charge on any atom is -0.497 e. The number of hydrogen-bond acceptors (Lipinski definition) is 8. The van der Waals surface area contributed by atoms with Crippen LogP contribution in [0.3, 0.4) is 0 Å². The summed E-state index contributed by atoms with van der Waals surface area (Å²) in [5.41, 5.74) is 9.81. The molecule has 0 atom stereocenters. The fourth-order valence-electron chi connectivity index (χ4n) is 4.32. The van der Waals surface area contributed by atoms with Gasteiger partial charge < -0.3 is 25.4 Å². The first-order valence-electron chi connectivity index (χ1n) is 11.0. The molecule has 9 heteroatoms. The van der Waals surface area contributed by atoms with Gasteiger partial charge in [-0.15, -0.1) is 0 Å². The highest BCUT2D eigenvalue weighted by Gasteiger charge is 2.34. The summed E-state index contributed by atoms with van der Waals surface area (Å²) in [7, 11) is -1.29. The van der Waals surface area contributed by atoms with Gasteiger partial charge in [-0.2, -0.15) is 10.6 Å². The molecule has 0 amide bonds. The molecular formula is C24H30N4O4S. The van der Waals surface area contributed by atoms with E-state index in [0.717, 1.165) is 33.5 Å². The summed E-state index contributed by atoms with van der Waals surface area (Å²) in [6.45, 7) is 4.71. The van der Waals surface area contributed by atoms with E-state index in [1.807, 2.05) is 24.3 Å². The van der Waals surface area contributed by atoms with Crippen LogP contribution in [0.25, 0.3) is 10.9 Å². The lowest BCUT2D eigenvalue weighted by Crippen LogP contribution is -2.61. The van der Waals surface area contributed by atoms with Gasteiger partial charge in [0.05, 0.1) is 42.0 Å². The van der Waals surface area contributed by atoms with Gasteiger partial charge in [0.15, 0.2) is 0 Å². The SMILES string of the molecule is COc1ccc2c(c1)CN(c1cc(NCC3(N)COC3)c3cc(C)ccc3n1)CCS2(O)O. The van der Waals surface area contributed by atoms with Crippen molar-refractivity contribution >= 4 is 33.0 Å². The molecule has 176 valence electrons. The average molecular weight is 471 g/mol. The van der Waals surface area contributed by atoms with Crippen LogP contribution in [0.4, 0.5) is 11.5 Å². The molecule has 0 unspecified atom stereocenters. The van der Waals surface area contributed by atoms with Crippen molar-refractivity contribution in [2.45, 2.75) is 23.9 Å². The summed E-state index contributed by atoms with van der Waals surface area (Å²) in [5.74, 6) is 1.70. The van der Waals surface area contributed by atoms with E-state index in [1.165, 1.54) is 0 Å². The van der Waals surface area contributed by atoms with Crippen LogP contribution in [0.2, 0.25) is 0 Å². The first kappa shape index (κ1) is 22.2. The highest BCUT2D eigenvalue weighted by Crippen LogP contribution is 2.52. The Morgan fingerprint density at radius 2 is 2.03 bits per heavy atom. The quantitative estimate of drug-likeness (QED) is 0.445. The number of benzene rings is 2. The number of nitrogens with two attached hydrogens (primary N) is 1. The molecule has 2 aromatic carbocycles. The highest BCUT2D eigenvalue weighted by atomic mass is 32.3. The van der Waals surface area contributed by atoms with Crippen molar-refractivity contribution in [2.24, 2.45) is 5.73 Å². The van der Waals surface area contributed by atoms with Gasteiger partial charge in [0, 0.05) is 36.8 Å². The van der Waals surface area contributed by atoms with E-state index in [4.69, 9.17) is 20.2 Å². The number of methoxy groups -OCH3 is 1. The lowest BCUT2D eigenvalue weighted by molar-refractivity contribution is -0.0461. The zero-order valence-electron chi connectivity index (χ0n) is 18.9. The van der Waals surface area contributed by atoms with Crippen LogP contribution in [0.5, 0.6) is 5.75 Å². The zero-order valence-corrected chi connectivity index (χ0v) is 19.7. The summed E-state index contributed by atoms with van der Waals surface area (Å²) < 4.78 is 32.3. The third-order valence-electron chi connectivity index (χ3n) is 6.31. The highest BCUT2D eigenvalue weighted by molar-refractivity contribution is 8.24. The molecule has 3 heterocycles. The van der Waals surface area contributed by atoms with E-state index in [2.05, 4.69) is 23.2 Å². The second-order valence-electron chi connectivity index (χ2n) is 9.02. The molecule has 0 spiro atoms. The lowest BCUT2D eigenvalue weighted by atomic mass is 9.99. The van der Waals surface area contributed by atoms with Crippen molar-refractivity contribution in [3.05, 3.63) is 53.6 Å². The maximum absolute atomic E-state index is 10.8. The van der Waals surface area contributed by atoms with Gasteiger partial charge in [0.25, 0.3) is 0 Å². The largest absolute Gasteiger partial charge is 0.497 e. The van der Waals surface area contributed by atoms with Crippen LogP contribution < -0.4 is 20.7 Å². The van der Waals surface area contributed by atoms with Gasteiger partial charge in [-0.05, 0) is 42.8 Å². The molecule has 3 aromatic rings. The maximum atomic E-state index is 10.8. The smallest absolute Gasteiger partial charge is 0.131 e. The summed E-state index contributed by atoms with van der Waals surface area (Å²) in [5, 5.41) is 4.55. The first-order valence-corrected chi connectivity index (χ1v) is 12.7. The second kappa shape index (κ2) is 8.34. The molecule has 5 N–H and O–H groups in total. The van der Waals surface area contributed by atoms with Gasteiger partial charge in [0.2, 0.25) is 0 Å². The van der Waals surface area contributed by atoms with Gasteiger partial charge in [-0.25, -0.2) is 4.98 Å². The first-order chi connectivity index (χ1) is 15.8. The van der Waals surface area contributed by atoms with Gasteiger partial charge in [0.1, 0.15) is 11.6 Å². The Kier molecular flexibility index (Phi) is 5.62. The molecule has 0 radical (unpaired) electrons. The van der Waals surface area contributed by atoms with Crippen LogP contribution in [-0.4, -0.2) is 58.8 Å². The fraction of sp³-hybridized carbons (Fsp3) is 0.375. The average Bonchev–Trinajstić information content (AvgIpc) is 2.91. The third-order valence-corrected chi connectivity index (χ3v) is 8.17. The summed E-state index contributed by atoms with van der Waals surface area (Å²) >= 11 is 0. The number of ether oxygens (including phenoxy) is 2. The predicted octanol–water partition coefficient (Wildman–Crippen LogP) is 3.82. The fourth-order valence-corrected chi connectivity index (χ4v) is 5.85. The minimum atomic E-state index is -2.90. The molecule has 1 fully saturated rings. The van der Waals surface area contributed by atoms with Crippen molar-refractivity contribution in [3.8, 4) is 5.75 Å². The molecule has 2 aliphatic rings. The van der Waals surface area contributed by atoms with Crippen LogP contribution in [0, 0.1) is 6.92 Å². The molecule has 33 heavy (non-hydrogen) atoms. The molecular weight excluding hydrogens is 440 g/mol. The van der Waals surface area contributed by atoms with Crippen LogP contribution >= 0.6 is 10.6 Å². The van der Waals surface area contributed by atoms with E-state index >= 15 is 0 Å². The van der Waals surface area contributed by atoms with Crippen molar-refractivity contribution < 1.29 is 18.6 Å². The third kappa shape index (κ3) is 4.34. The Balaban J connectivity index is 1.54. The van der Waals surface area contributed by atoms with E-state index in [-0.39, 0.29) is 11.3 Å². The Hall–Kier alpha value is -2.56. The van der Waals surface area contributed by atoms with Crippen molar-refractivity contribution in [1.82, 2.24) is 4.98 Å². The zero-order chi connectivity index (χ0) is 23.2. The standard InChI is InChI=1S/C24H30N4O4S/c1-16-3-5-20-19(9-16)21(26-13-24(25)14-32-15-24)11-23(27-20)28-7-8-33(29,30)22-6-4-18(31-2)10-17(22)12-28/h3-6,9-11,29-30H,7-8,12-15,25H2,1-2H3,(H,26,27). The summed E-state index contributed by atoms with van der Waals surface area (Å²) in [6, 6.07) is 13.6. The number of nitrogens with zero attached hydrogens (tertiary/aromatic N) is 2. The van der Waals surface area contributed by atoms with Crippen LogP contribution in [0.15, 0.2) is 47.4 Å². The number of rotatable bonds is 5. The Morgan fingerprint density at radius 1 is 1.21 bits per heavy atom. The molecule has 8 nitrogen and oxygen atoms in total. The van der Waals surface area contributed by atoms with Crippen LogP contribution in [0.1, 0.15) is 11.1 Å². The number of aryl methyl sites for hydroxylation is 1. The molecule has 1 aromatic heterocycles. The number of pyridine rings is 1. The van der Waals surface area contributed by atoms with Crippen LogP contribution in [-0.2, 0) is 11.3 Å². The normalized spacial score (nSPS) is 19.8. The second-order valence-corrected chi connectivity index (χ2v) is 11.2. The number of fused-ring (bicyclic) bond motifs is 2. The molecule has 0 saturated carbocycles. The molecule has 0 bridgehead atoms. The number of nitrogens with one attached hydrogen (secondary N) is 1. The number of anilines is 2. The lowest BCUT2D eigenvalue weighted by Gasteiger charge is -2.38. The predicted molar refractivity (Wildman–Crippen MR) is 133 cm³/mol. The van der Waals surface area contributed by atoms with E-state index < -0.39 is 10.6 Å². The van der Waals surface area contributed by atoms with E-state index in [1.54, 1.807) is 19.2 Å². The van der Waals surface area contributed by atoms with Gasteiger partial charge >= 0.3 is 0 Å².